The van der Waals surface area contributed by atoms with Crippen LogP contribution in [0.1, 0.15) is 5.56 Å². The molecule has 0 N–H and O–H groups in total. The molecule has 0 bridgehead atoms. The van der Waals surface area contributed by atoms with Crippen molar-refractivity contribution < 1.29 is 8.78 Å². The van der Waals surface area contributed by atoms with Gasteiger partial charge in [0, 0.05) is 24.5 Å². The number of alkyl halides is 1. The summed E-state index contributed by atoms with van der Waals surface area (Å²) in [6.45, 7) is 0. The van der Waals surface area contributed by atoms with E-state index < -0.39 is 5.82 Å². The summed E-state index contributed by atoms with van der Waals surface area (Å²) in [5.41, 5.74) is 0.887. The minimum absolute atomic E-state index is 0.0678. The molecule has 0 aliphatic rings. The topological polar surface area (TPSA) is 16.1 Å². The van der Waals surface area contributed by atoms with E-state index in [1.165, 1.54) is 29.3 Å². The number of anilines is 2. The summed E-state index contributed by atoms with van der Waals surface area (Å²) in [5, 5.41) is 0. The second-order valence-electron chi connectivity index (χ2n) is 3.78. The first kappa shape index (κ1) is 12.8. The molecule has 0 aliphatic carbocycles. The van der Waals surface area contributed by atoms with Gasteiger partial charge in [-0.3, -0.25) is 0 Å². The number of aromatic nitrogens is 1. The van der Waals surface area contributed by atoms with Crippen LogP contribution in [0.15, 0.2) is 36.5 Å². The van der Waals surface area contributed by atoms with Gasteiger partial charge in [0.05, 0.1) is 5.88 Å². The Morgan fingerprint density at radius 2 is 2.06 bits per heavy atom. The van der Waals surface area contributed by atoms with Crippen LogP contribution >= 0.6 is 11.6 Å². The predicted molar refractivity (Wildman–Crippen MR) is 68.2 cm³/mol. The van der Waals surface area contributed by atoms with Crippen molar-refractivity contribution in [1.29, 1.82) is 0 Å². The van der Waals surface area contributed by atoms with Gasteiger partial charge in [-0.25, -0.2) is 13.8 Å². The lowest BCUT2D eigenvalue weighted by atomic mass is 10.2. The third-order valence-corrected chi connectivity index (χ3v) is 2.90. The highest BCUT2D eigenvalue weighted by Crippen LogP contribution is 2.26. The number of pyridine rings is 1. The number of rotatable bonds is 3. The van der Waals surface area contributed by atoms with Gasteiger partial charge in [-0.1, -0.05) is 6.07 Å². The Hall–Kier alpha value is -1.68. The fourth-order valence-electron chi connectivity index (χ4n) is 1.62. The Morgan fingerprint density at radius 1 is 1.28 bits per heavy atom. The van der Waals surface area contributed by atoms with E-state index >= 15 is 0 Å². The molecule has 94 valence electrons. The molecule has 18 heavy (non-hydrogen) atoms. The average Bonchev–Trinajstić information content (AvgIpc) is 2.38. The van der Waals surface area contributed by atoms with Crippen molar-refractivity contribution in [3.63, 3.8) is 0 Å². The van der Waals surface area contributed by atoms with E-state index in [4.69, 9.17) is 11.6 Å². The molecule has 0 amide bonds. The number of benzene rings is 1. The lowest BCUT2D eigenvalue weighted by Crippen LogP contribution is -2.14. The molecule has 0 aliphatic heterocycles. The highest BCUT2D eigenvalue weighted by Gasteiger charge is 2.14. The number of hydrogen-bond donors (Lipinski definition) is 0. The summed E-state index contributed by atoms with van der Waals surface area (Å²) in [4.78, 5) is 5.44. The van der Waals surface area contributed by atoms with Crippen LogP contribution in [-0.2, 0) is 5.88 Å². The molecule has 2 nitrogen and oxygen atoms in total. The van der Waals surface area contributed by atoms with E-state index in [2.05, 4.69) is 4.98 Å². The normalized spacial score (nSPS) is 10.4. The van der Waals surface area contributed by atoms with Gasteiger partial charge in [-0.15, -0.1) is 11.6 Å². The smallest absolute Gasteiger partial charge is 0.170 e. The van der Waals surface area contributed by atoms with Crippen molar-refractivity contribution >= 4 is 23.1 Å². The van der Waals surface area contributed by atoms with Gasteiger partial charge in [-0.2, -0.15) is 0 Å². The molecular weight excluding hydrogens is 258 g/mol. The molecule has 2 rings (SSSR count). The molecule has 2 aromatic rings. The fraction of sp³-hybridized carbons (Fsp3) is 0.154. The van der Waals surface area contributed by atoms with Crippen molar-refractivity contribution in [2.75, 3.05) is 11.9 Å². The zero-order valence-corrected chi connectivity index (χ0v) is 10.5. The molecule has 0 saturated heterocycles. The zero-order chi connectivity index (χ0) is 13.1. The predicted octanol–water partition coefficient (Wildman–Crippen LogP) is 3.87. The molecule has 1 heterocycles. The van der Waals surface area contributed by atoms with E-state index in [0.29, 0.717) is 11.3 Å². The van der Waals surface area contributed by atoms with Gasteiger partial charge in [0.1, 0.15) is 5.82 Å². The summed E-state index contributed by atoms with van der Waals surface area (Å²) >= 11 is 5.63. The van der Waals surface area contributed by atoms with E-state index in [-0.39, 0.29) is 17.5 Å². The fourth-order valence-corrected chi connectivity index (χ4v) is 1.82. The van der Waals surface area contributed by atoms with Gasteiger partial charge in [0.15, 0.2) is 11.6 Å². The second kappa shape index (κ2) is 5.31. The van der Waals surface area contributed by atoms with Crippen molar-refractivity contribution in [2.45, 2.75) is 5.88 Å². The molecule has 0 saturated carbocycles. The zero-order valence-electron chi connectivity index (χ0n) is 9.70. The SMILES string of the molecule is CN(c1cccc(F)c1)c1nccc(CCl)c1F. The monoisotopic (exact) mass is 268 g/mol. The first-order valence-corrected chi connectivity index (χ1v) is 5.85. The molecule has 0 fully saturated rings. The minimum atomic E-state index is -0.487. The molecular formula is C13H11ClF2N2. The van der Waals surface area contributed by atoms with Crippen molar-refractivity contribution in [2.24, 2.45) is 0 Å². The van der Waals surface area contributed by atoms with Crippen LogP contribution in [0.2, 0.25) is 0 Å². The van der Waals surface area contributed by atoms with E-state index in [0.717, 1.165) is 0 Å². The lowest BCUT2D eigenvalue weighted by molar-refractivity contribution is 0.609. The Labute approximate surface area is 109 Å². The minimum Gasteiger partial charge on any atom is -0.327 e. The van der Waals surface area contributed by atoms with Crippen molar-refractivity contribution in [1.82, 2.24) is 4.98 Å². The van der Waals surface area contributed by atoms with Gasteiger partial charge < -0.3 is 4.90 Å². The lowest BCUT2D eigenvalue weighted by Gasteiger charge is -2.19. The molecule has 5 heteroatoms. The summed E-state index contributed by atoms with van der Waals surface area (Å²) in [6, 6.07) is 7.40. The molecule has 1 aromatic heterocycles. The van der Waals surface area contributed by atoms with Crippen molar-refractivity contribution in [3.8, 4) is 0 Å². The van der Waals surface area contributed by atoms with E-state index in [1.807, 2.05) is 0 Å². The number of halogens is 3. The van der Waals surface area contributed by atoms with Crippen LogP contribution in [0.25, 0.3) is 0 Å². The van der Waals surface area contributed by atoms with E-state index in [1.54, 1.807) is 19.2 Å². The highest BCUT2D eigenvalue weighted by molar-refractivity contribution is 6.17. The Kier molecular flexibility index (Phi) is 3.77. The summed E-state index contributed by atoms with van der Waals surface area (Å²) < 4.78 is 27.2. The van der Waals surface area contributed by atoms with Crippen LogP contribution in [0.5, 0.6) is 0 Å². The summed E-state index contributed by atoms with van der Waals surface area (Å²) in [5.74, 6) is -0.676. The largest absolute Gasteiger partial charge is 0.327 e. The van der Waals surface area contributed by atoms with Crippen LogP contribution in [0.3, 0.4) is 0 Å². The molecule has 0 spiro atoms. The number of nitrogens with zero attached hydrogens (tertiary/aromatic N) is 2. The van der Waals surface area contributed by atoms with Crippen LogP contribution in [0, 0.1) is 11.6 Å². The number of hydrogen-bond acceptors (Lipinski definition) is 2. The third-order valence-electron chi connectivity index (χ3n) is 2.61. The van der Waals surface area contributed by atoms with Gasteiger partial charge >= 0.3 is 0 Å². The maximum atomic E-state index is 14.0. The summed E-state index contributed by atoms with van der Waals surface area (Å²) in [7, 11) is 1.62. The molecule has 0 atom stereocenters. The maximum absolute atomic E-state index is 14.0. The van der Waals surface area contributed by atoms with Crippen molar-refractivity contribution in [3.05, 3.63) is 53.7 Å². The van der Waals surface area contributed by atoms with Gasteiger partial charge in [-0.05, 0) is 24.3 Å². The molecule has 0 unspecified atom stereocenters. The summed E-state index contributed by atoms with van der Waals surface area (Å²) in [6.07, 6.45) is 1.48. The van der Waals surface area contributed by atoms with Crippen LogP contribution in [0.4, 0.5) is 20.3 Å². The Bertz CT molecular complexity index is 560. The third kappa shape index (κ3) is 2.43. The van der Waals surface area contributed by atoms with Crippen LogP contribution < -0.4 is 4.90 Å². The van der Waals surface area contributed by atoms with E-state index in [9.17, 15) is 8.78 Å². The highest BCUT2D eigenvalue weighted by atomic mass is 35.5. The first-order chi connectivity index (χ1) is 8.63. The standard InChI is InChI=1S/C13H11ClF2N2/c1-18(11-4-2-3-10(15)7-11)13-12(16)9(8-14)5-6-17-13/h2-7H,8H2,1H3. The Morgan fingerprint density at radius 3 is 2.72 bits per heavy atom. The average molecular weight is 269 g/mol. The second-order valence-corrected chi connectivity index (χ2v) is 4.05. The van der Waals surface area contributed by atoms with Gasteiger partial charge in [0.25, 0.3) is 0 Å². The molecule has 1 aromatic carbocycles. The molecule has 0 radical (unpaired) electrons. The Balaban J connectivity index is 2.43. The quantitative estimate of drug-likeness (QED) is 0.786. The van der Waals surface area contributed by atoms with Gasteiger partial charge in [0.2, 0.25) is 0 Å². The van der Waals surface area contributed by atoms with Crippen LogP contribution in [-0.4, -0.2) is 12.0 Å². The first-order valence-electron chi connectivity index (χ1n) is 5.32. The maximum Gasteiger partial charge on any atom is 0.170 e.